The minimum Gasteiger partial charge on any atom is -0.454 e. The molecule has 0 aliphatic carbocycles. The van der Waals surface area contributed by atoms with Crippen molar-refractivity contribution in [2.24, 2.45) is 7.05 Å². The van der Waals surface area contributed by atoms with E-state index in [-0.39, 0.29) is 0 Å². The molecule has 0 saturated carbocycles. The van der Waals surface area contributed by atoms with Crippen molar-refractivity contribution >= 4 is 21.9 Å². The van der Waals surface area contributed by atoms with E-state index in [2.05, 4.69) is 61.0 Å². The lowest BCUT2D eigenvalue weighted by molar-refractivity contribution is -0.660. The maximum atomic E-state index is 10.0. The fraction of sp³-hybridized carbons (Fsp3) is 0.111. The van der Waals surface area contributed by atoms with E-state index in [4.69, 9.17) is 4.42 Å². The standard InChI is InChI=1S/C27H21N2O/c1-17-13-14-29(3)24(15-17)25-18(2)9-10-22-21-12-11-20(19-7-5-4-6-8-19)23(16-28)26(21)30-27(22)25/h4-15H,1-3H3/q+1. The highest BCUT2D eigenvalue weighted by Gasteiger charge is 2.22. The van der Waals surface area contributed by atoms with E-state index >= 15 is 0 Å². The number of nitriles is 1. The molecule has 0 spiro atoms. The van der Waals surface area contributed by atoms with Gasteiger partial charge in [0, 0.05) is 28.5 Å². The highest BCUT2D eigenvalue weighted by atomic mass is 16.3. The summed E-state index contributed by atoms with van der Waals surface area (Å²) in [5.74, 6) is 0. The van der Waals surface area contributed by atoms with Gasteiger partial charge in [-0.15, -0.1) is 0 Å². The van der Waals surface area contributed by atoms with Crippen LogP contribution < -0.4 is 4.57 Å². The minimum absolute atomic E-state index is 0.576. The molecule has 0 N–H and O–H groups in total. The molecule has 3 heteroatoms. The Labute approximate surface area is 175 Å². The van der Waals surface area contributed by atoms with E-state index in [0.29, 0.717) is 11.1 Å². The van der Waals surface area contributed by atoms with Gasteiger partial charge in [0.25, 0.3) is 0 Å². The summed E-state index contributed by atoms with van der Waals surface area (Å²) in [5.41, 5.74) is 8.46. The van der Waals surface area contributed by atoms with Crippen molar-refractivity contribution in [3.63, 3.8) is 0 Å². The summed E-state index contributed by atoms with van der Waals surface area (Å²) in [6, 6.07) is 25.0. The van der Waals surface area contributed by atoms with E-state index in [1.807, 2.05) is 43.4 Å². The van der Waals surface area contributed by atoms with Gasteiger partial charge in [-0.1, -0.05) is 48.5 Å². The highest BCUT2D eigenvalue weighted by Crippen LogP contribution is 2.40. The molecule has 0 bridgehead atoms. The molecule has 5 rings (SSSR count). The van der Waals surface area contributed by atoms with E-state index in [1.165, 1.54) is 5.56 Å². The van der Waals surface area contributed by atoms with E-state index in [1.54, 1.807) is 0 Å². The molecule has 0 atom stereocenters. The van der Waals surface area contributed by atoms with Gasteiger partial charge in [0.15, 0.2) is 11.8 Å². The van der Waals surface area contributed by atoms with Crippen LogP contribution >= 0.6 is 0 Å². The monoisotopic (exact) mass is 389 g/mol. The van der Waals surface area contributed by atoms with Crippen LogP contribution in [0.2, 0.25) is 0 Å². The van der Waals surface area contributed by atoms with Crippen LogP contribution in [0.25, 0.3) is 44.3 Å². The summed E-state index contributed by atoms with van der Waals surface area (Å²) in [4.78, 5) is 0. The Bertz CT molecular complexity index is 1470. The molecule has 0 saturated heterocycles. The molecule has 0 fully saturated rings. The van der Waals surface area contributed by atoms with Crippen molar-refractivity contribution in [1.29, 1.82) is 5.26 Å². The second-order valence-electron chi connectivity index (χ2n) is 7.78. The summed E-state index contributed by atoms with van der Waals surface area (Å²) in [6.45, 7) is 4.20. The first-order chi connectivity index (χ1) is 14.6. The zero-order chi connectivity index (χ0) is 20.8. The fourth-order valence-corrected chi connectivity index (χ4v) is 4.21. The van der Waals surface area contributed by atoms with Gasteiger partial charge >= 0.3 is 0 Å². The number of aryl methyl sites for hydroxylation is 3. The summed E-state index contributed by atoms with van der Waals surface area (Å²) in [6.07, 6.45) is 2.07. The average Bonchev–Trinajstić information content (AvgIpc) is 3.14. The number of nitrogens with zero attached hydrogens (tertiary/aromatic N) is 2. The van der Waals surface area contributed by atoms with Crippen LogP contribution in [0.1, 0.15) is 16.7 Å². The third-order valence-corrected chi connectivity index (χ3v) is 5.78. The average molecular weight is 389 g/mol. The molecule has 0 amide bonds. The molecule has 5 aromatic rings. The molecule has 0 aliphatic rings. The third kappa shape index (κ3) is 2.69. The van der Waals surface area contributed by atoms with E-state index in [0.717, 1.165) is 44.3 Å². The lowest BCUT2D eigenvalue weighted by Crippen LogP contribution is -2.30. The number of rotatable bonds is 2. The maximum absolute atomic E-state index is 10.0. The molecule has 2 aromatic heterocycles. The highest BCUT2D eigenvalue weighted by molar-refractivity contribution is 6.12. The van der Waals surface area contributed by atoms with E-state index in [9.17, 15) is 5.26 Å². The van der Waals surface area contributed by atoms with Gasteiger partial charge in [0.1, 0.15) is 24.3 Å². The normalized spacial score (nSPS) is 11.1. The molecule has 2 heterocycles. The third-order valence-electron chi connectivity index (χ3n) is 5.78. The van der Waals surface area contributed by atoms with Gasteiger partial charge in [0.2, 0.25) is 5.69 Å². The molecule has 30 heavy (non-hydrogen) atoms. The molecule has 0 aliphatic heterocycles. The predicted molar refractivity (Wildman–Crippen MR) is 120 cm³/mol. The fourth-order valence-electron chi connectivity index (χ4n) is 4.21. The Morgan fingerprint density at radius 2 is 1.60 bits per heavy atom. The smallest absolute Gasteiger partial charge is 0.216 e. The number of benzene rings is 3. The van der Waals surface area contributed by atoms with Crippen LogP contribution in [-0.4, -0.2) is 0 Å². The Balaban J connectivity index is 1.88. The van der Waals surface area contributed by atoms with Gasteiger partial charge in [0.05, 0.1) is 5.56 Å². The van der Waals surface area contributed by atoms with Gasteiger partial charge in [-0.25, -0.2) is 4.57 Å². The van der Waals surface area contributed by atoms with Crippen molar-refractivity contribution in [3.8, 4) is 28.5 Å². The van der Waals surface area contributed by atoms with Crippen molar-refractivity contribution in [3.05, 3.63) is 89.6 Å². The van der Waals surface area contributed by atoms with Crippen LogP contribution in [0.5, 0.6) is 0 Å². The molecule has 0 unspecified atom stereocenters. The molecule has 3 nitrogen and oxygen atoms in total. The van der Waals surface area contributed by atoms with Gasteiger partial charge in [-0.05, 0) is 36.6 Å². The molecule has 0 radical (unpaired) electrons. The Kier molecular flexibility index (Phi) is 4.15. The number of pyridine rings is 1. The molecule has 3 aromatic carbocycles. The Hall–Kier alpha value is -3.90. The first kappa shape index (κ1) is 18.1. The van der Waals surface area contributed by atoms with Crippen LogP contribution in [0.4, 0.5) is 0 Å². The lowest BCUT2D eigenvalue weighted by Gasteiger charge is -2.06. The van der Waals surface area contributed by atoms with Gasteiger partial charge in [-0.3, -0.25) is 0 Å². The zero-order valence-corrected chi connectivity index (χ0v) is 17.2. The van der Waals surface area contributed by atoms with Crippen molar-refractivity contribution in [2.75, 3.05) is 0 Å². The quantitative estimate of drug-likeness (QED) is 0.336. The number of aromatic nitrogens is 1. The summed E-state index contributed by atoms with van der Waals surface area (Å²) in [7, 11) is 2.05. The largest absolute Gasteiger partial charge is 0.454 e. The predicted octanol–water partition coefficient (Wildman–Crippen LogP) is 6.23. The lowest BCUT2D eigenvalue weighted by atomic mass is 9.96. The molecule has 144 valence electrons. The van der Waals surface area contributed by atoms with Crippen LogP contribution in [-0.2, 0) is 7.05 Å². The number of furan rings is 1. The van der Waals surface area contributed by atoms with Gasteiger partial charge in [-0.2, -0.15) is 5.26 Å². The number of hydrogen-bond acceptors (Lipinski definition) is 2. The van der Waals surface area contributed by atoms with Crippen molar-refractivity contribution < 1.29 is 8.98 Å². The van der Waals surface area contributed by atoms with Crippen molar-refractivity contribution in [2.45, 2.75) is 13.8 Å². The topological polar surface area (TPSA) is 40.8 Å². The van der Waals surface area contributed by atoms with Crippen LogP contribution in [0, 0.1) is 25.2 Å². The zero-order valence-electron chi connectivity index (χ0n) is 17.2. The Morgan fingerprint density at radius 3 is 2.37 bits per heavy atom. The Morgan fingerprint density at radius 1 is 0.867 bits per heavy atom. The summed E-state index contributed by atoms with van der Waals surface area (Å²) < 4.78 is 8.58. The summed E-state index contributed by atoms with van der Waals surface area (Å²) in [5, 5.41) is 12.0. The van der Waals surface area contributed by atoms with Gasteiger partial charge < -0.3 is 4.42 Å². The molecular weight excluding hydrogens is 368 g/mol. The van der Waals surface area contributed by atoms with E-state index < -0.39 is 0 Å². The first-order valence-corrected chi connectivity index (χ1v) is 9.99. The number of fused-ring (bicyclic) bond motifs is 3. The van der Waals surface area contributed by atoms with Crippen LogP contribution in [0.15, 0.2) is 77.3 Å². The SMILES string of the molecule is Cc1cc[n+](C)c(-c2c(C)ccc3c2oc2c(C#N)c(-c4ccccc4)ccc23)c1. The maximum Gasteiger partial charge on any atom is 0.216 e. The molecular formula is C27H21N2O+. The van der Waals surface area contributed by atoms with Crippen LogP contribution in [0.3, 0.4) is 0 Å². The summed E-state index contributed by atoms with van der Waals surface area (Å²) >= 11 is 0. The first-order valence-electron chi connectivity index (χ1n) is 9.99. The van der Waals surface area contributed by atoms with Crippen molar-refractivity contribution in [1.82, 2.24) is 0 Å². The minimum atomic E-state index is 0.576. The second-order valence-corrected chi connectivity index (χ2v) is 7.78. The number of hydrogen-bond donors (Lipinski definition) is 0. The second kappa shape index (κ2) is 6.86.